The third kappa shape index (κ3) is 2.67. The molecule has 1 amide bonds. The summed E-state index contributed by atoms with van der Waals surface area (Å²) in [5.74, 6) is -0.00393. The van der Waals surface area contributed by atoms with Gasteiger partial charge in [0.15, 0.2) is 4.80 Å². The number of carbonyl (C=O) groups excluding carboxylic acids is 1. The van der Waals surface area contributed by atoms with Crippen LogP contribution in [0.4, 0.5) is 5.69 Å². The van der Waals surface area contributed by atoms with Crippen molar-refractivity contribution in [2.24, 2.45) is 0 Å². The van der Waals surface area contributed by atoms with Gasteiger partial charge in [0, 0.05) is 23.5 Å². The van der Waals surface area contributed by atoms with Crippen molar-refractivity contribution >= 4 is 33.7 Å². The lowest BCUT2D eigenvalue weighted by Crippen LogP contribution is -2.35. The molecule has 22 heavy (non-hydrogen) atoms. The molecule has 1 heterocycles. The average Bonchev–Trinajstić information content (AvgIpc) is 2.93. The van der Waals surface area contributed by atoms with E-state index in [1.165, 1.54) is 11.3 Å². The van der Waals surface area contributed by atoms with E-state index in [9.17, 15) is 4.79 Å². The van der Waals surface area contributed by atoms with E-state index in [2.05, 4.69) is 0 Å². The number of benzene rings is 2. The number of nitrogens with zero attached hydrogens (tertiary/aromatic N) is 2. The molecule has 0 aliphatic rings. The maximum Gasteiger partial charge on any atom is 0.247 e. The number of anilines is 1. The molecule has 0 bridgehead atoms. The van der Waals surface area contributed by atoms with Crippen molar-refractivity contribution in [3.8, 4) is 0 Å². The van der Waals surface area contributed by atoms with E-state index >= 15 is 0 Å². The lowest BCUT2D eigenvalue weighted by atomic mass is 10.1. The van der Waals surface area contributed by atoms with Crippen molar-refractivity contribution in [3.63, 3.8) is 0 Å². The molecule has 0 saturated carbocycles. The Kier molecular flexibility index (Phi) is 4.06. The molecule has 112 valence electrons. The molecule has 0 fully saturated rings. The molecule has 1 aromatic heterocycles. The van der Waals surface area contributed by atoms with Gasteiger partial charge in [-0.05, 0) is 18.4 Å². The first-order valence-corrected chi connectivity index (χ1v) is 8.05. The number of hydrogen-bond donors (Lipinski definition) is 1. The van der Waals surface area contributed by atoms with Crippen LogP contribution >= 0.6 is 11.3 Å². The monoisotopic (exact) mass is 311 g/mol. The SMILES string of the molecule is CCN(C(=O)Cn1ccsc1=N)c1cccc2ccccc12. The van der Waals surface area contributed by atoms with Crippen LogP contribution in [0.15, 0.2) is 54.0 Å². The second-order valence-corrected chi connectivity index (χ2v) is 5.87. The van der Waals surface area contributed by atoms with Gasteiger partial charge in [-0.2, -0.15) is 0 Å². The first-order valence-electron chi connectivity index (χ1n) is 7.17. The molecule has 0 aliphatic carbocycles. The van der Waals surface area contributed by atoms with Gasteiger partial charge in [-0.1, -0.05) is 36.4 Å². The van der Waals surface area contributed by atoms with Crippen molar-refractivity contribution in [2.45, 2.75) is 13.5 Å². The van der Waals surface area contributed by atoms with Gasteiger partial charge in [-0.25, -0.2) is 0 Å². The van der Waals surface area contributed by atoms with Crippen LogP contribution in [0.2, 0.25) is 0 Å². The molecule has 0 aliphatic heterocycles. The predicted molar refractivity (Wildman–Crippen MR) is 90.1 cm³/mol. The fraction of sp³-hybridized carbons (Fsp3) is 0.176. The molecule has 4 nitrogen and oxygen atoms in total. The maximum absolute atomic E-state index is 12.7. The Morgan fingerprint density at radius 1 is 1.23 bits per heavy atom. The van der Waals surface area contributed by atoms with Crippen molar-refractivity contribution in [1.82, 2.24) is 4.57 Å². The number of rotatable bonds is 4. The summed E-state index contributed by atoms with van der Waals surface area (Å²) < 4.78 is 1.67. The summed E-state index contributed by atoms with van der Waals surface area (Å²) in [6.07, 6.45) is 1.78. The van der Waals surface area contributed by atoms with Gasteiger partial charge in [0.05, 0.1) is 5.69 Å². The van der Waals surface area contributed by atoms with Crippen LogP contribution in [0.5, 0.6) is 0 Å². The van der Waals surface area contributed by atoms with Gasteiger partial charge < -0.3 is 9.47 Å². The standard InChI is InChI=1S/C17H17N3OS/c1-2-20(16(21)12-19-10-11-22-17(19)18)15-9-5-7-13-6-3-4-8-14(13)15/h3-11,18H,2,12H2,1H3. The lowest BCUT2D eigenvalue weighted by Gasteiger charge is -2.23. The van der Waals surface area contributed by atoms with E-state index in [1.807, 2.05) is 54.8 Å². The molecule has 3 rings (SSSR count). The molecule has 2 aromatic carbocycles. The van der Waals surface area contributed by atoms with Gasteiger partial charge in [-0.3, -0.25) is 10.2 Å². The first kappa shape index (κ1) is 14.5. The van der Waals surface area contributed by atoms with Crippen LogP contribution in [0, 0.1) is 5.41 Å². The molecule has 0 spiro atoms. The van der Waals surface area contributed by atoms with E-state index in [1.54, 1.807) is 15.7 Å². The Hall–Kier alpha value is -2.40. The van der Waals surface area contributed by atoms with Crippen molar-refractivity contribution in [1.29, 1.82) is 5.41 Å². The van der Waals surface area contributed by atoms with Gasteiger partial charge >= 0.3 is 0 Å². The number of carbonyl (C=O) groups is 1. The highest BCUT2D eigenvalue weighted by molar-refractivity contribution is 7.06. The van der Waals surface area contributed by atoms with Gasteiger partial charge in [0.1, 0.15) is 6.54 Å². The molecule has 5 heteroatoms. The number of fused-ring (bicyclic) bond motifs is 1. The number of aromatic nitrogens is 1. The molecule has 0 radical (unpaired) electrons. The Balaban J connectivity index is 1.97. The number of thiazole rings is 1. The van der Waals surface area contributed by atoms with Gasteiger partial charge in [0.2, 0.25) is 5.91 Å². The van der Waals surface area contributed by atoms with Crippen LogP contribution in [-0.2, 0) is 11.3 Å². The summed E-state index contributed by atoms with van der Waals surface area (Å²) in [5.41, 5.74) is 0.924. The fourth-order valence-electron chi connectivity index (χ4n) is 2.58. The Morgan fingerprint density at radius 3 is 2.73 bits per heavy atom. The Morgan fingerprint density at radius 2 is 2.00 bits per heavy atom. The fourth-order valence-corrected chi connectivity index (χ4v) is 3.18. The summed E-state index contributed by atoms with van der Waals surface area (Å²) >= 11 is 1.32. The van der Waals surface area contributed by atoms with Crippen molar-refractivity contribution < 1.29 is 4.79 Å². The first-order chi connectivity index (χ1) is 10.7. The second kappa shape index (κ2) is 6.15. The average molecular weight is 311 g/mol. The van der Waals surface area contributed by atoms with E-state index in [4.69, 9.17) is 5.41 Å². The van der Waals surface area contributed by atoms with Crippen LogP contribution in [0.1, 0.15) is 6.92 Å². The zero-order valence-electron chi connectivity index (χ0n) is 12.3. The zero-order valence-corrected chi connectivity index (χ0v) is 13.1. The minimum absolute atomic E-state index is 0.00393. The lowest BCUT2D eigenvalue weighted by molar-refractivity contribution is -0.119. The molecular formula is C17H17N3OS. The number of nitrogens with one attached hydrogen (secondary N) is 1. The largest absolute Gasteiger partial charge is 0.315 e. The smallest absolute Gasteiger partial charge is 0.247 e. The predicted octanol–water partition coefficient (Wildman–Crippen LogP) is 3.24. The minimum atomic E-state index is -0.00393. The number of likely N-dealkylation sites (N-methyl/N-ethyl adjacent to an activating group) is 1. The quantitative estimate of drug-likeness (QED) is 0.790. The minimum Gasteiger partial charge on any atom is -0.315 e. The van der Waals surface area contributed by atoms with E-state index in [-0.39, 0.29) is 12.5 Å². The highest BCUT2D eigenvalue weighted by Gasteiger charge is 2.16. The Labute approximate surface area is 132 Å². The van der Waals surface area contributed by atoms with Gasteiger partial charge in [0.25, 0.3) is 0 Å². The second-order valence-electron chi connectivity index (χ2n) is 4.97. The number of hydrogen-bond acceptors (Lipinski definition) is 3. The number of amides is 1. The molecule has 3 aromatic rings. The van der Waals surface area contributed by atoms with Crippen LogP contribution in [0.25, 0.3) is 10.8 Å². The molecule has 0 unspecified atom stereocenters. The van der Waals surface area contributed by atoms with Crippen LogP contribution in [0.3, 0.4) is 0 Å². The van der Waals surface area contributed by atoms with Crippen molar-refractivity contribution in [3.05, 3.63) is 58.8 Å². The van der Waals surface area contributed by atoms with E-state index in [0.29, 0.717) is 11.3 Å². The highest BCUT2D eigenvalue weighted by atomic mass is 32.1. The molecule has 1 N–H and O–H groups in total. The summed E-state index contributed by atoms with van der Waals surface area (Å²) in [7, 11) is 0. The normalized spacial score (nSPS) is 10.8. The Bertz CT molecular complexity index is 860. The summed E-state index contributed by atoms with van der Waals surface area (Å²) in [6.45, 7) is 2.77. The summed E-state index contributed by atoms with van der Waals surface area (Å²) in [6, 6.07) is 14.1. The molecule has 0 atom stereocenters. The molecule has 0 saturated heterocycles. The van der Waals surface area contributed by atoms with E-state index in [0.717, 1.165) is 16.5 Å². The summed E-state index contributed by atoms with van der Waals surface area (Å²) in [5, 5.41) is 11.8. The topological polar surface area (TPSA) is 49.1 Å². The third-order valence-electron chi connectivity index (χ3n) is 3.66. The maximum atomic E-state index is 12.7. The van der Waals surface area contributed by atoms with Crippen LogP contribution < -0.4 is 9.70 Å². The van der Waals surface area contributed by atoms with Crippen molar-refractivity contribution in [2.75, 3.05) is 11.4 Å². The highest BCUT2D eigenvalue weighted by Crippen LogP contribution is 2.26. The summed E-state index contributed by atoms with van der Waals surface area (Å²) in [4.78, 5) is 14.8. The van der Waals surface area contributed by atoms with Gasteiger partial charge in [-0.15, -0.1) is 11.3 Å². The zero-order chi connectivity index (χ0) is 15.5. The van der Waals surface area contributed by atoms with Crippen LogP contribution in [-0.4, -0.2) is 17.0 Å². The molecular weight excluding hydrogens is 294 g/mol. The third-order valence-corrected chi connectivity index (χ3v) is 4.38. The van der Waals surface area contributed by atoms with E-state index < -0.39 is 0 Å².